The summed E-state index contributed by atoms with van der Waals surface area (Å²) in [6.45, 7) is 6.83. The van der Waals surface area contributed by atoms with Gasteiger partial charge in [0.05, 0.1) is 0 Å². The van der Waals surface area contributed by atoms with Crippen molar-refractivity contribution in [2.24, 2.45) is 0 Å². The van der Waals surface area contributed by atoms with E-state index >= 15 is 0 Å². The van der Waals surface area contributed by atoms with E-state index in [1.165, 1.54) is 6.21 Å². The molecular weight excluding hydrogens is 208 g/mol. The Labute approximate surface area is 97.0 Å². The molecule has 5 nitrogen and oxygen atoms in total. The van der Waals surface area contributed by atoms with Gasteiger partial charge in [-0.05, 0) is 26.3 Å². The molecule has 0 amide bonds. The van der Waals surface area contributed by atoms with E-state index < -0.39 is 12.4 Å². The maximum absolute atomic E-state index is 9.76. The van der Waals surface area contributed by atoms with Crippen molar-refractivity contribution in [2.75, 3.05) is 19.8 Å². The molecule has 0 aromatic carbocycles. The fourth-order valence-electron chi connectivity index (χ4n) is 1.08. The van der Waals surface area contributed by atoms with Crippen LogP contribution in [0.25, 0.3) is 0 Å². The topological polar surface area (TPSA) is 74.6 Å². The summed E-state index contributed by atoms with van der Waals surface area (Å²) < 4.78 is 10.5. The monoisotopic (exact) mass is 230 g/mol. The van der Waals surface area contributed by atoms with Crippen LogP contribution in [0.4, 0.5) is 0 Å². The summed E-state index contributed by atoms with van der Waals surface area (Å²) in [5.74, 6) is 0. The fourth-order valence-corrected chi connectivity index (χ4v) is 1.08. The first kappa shape index (κ1) is 15.1. The summed E-state index contributed by atoms with van der Waals surface area (Å²) in [5.41, 5.74) is 0.788. The predicted octanol–water partition coefficient (Wildman–Crippen LogP) is 0.889. The van der Waals surface area contributed by atoms with Gasteiger partial charge < -0.3 is 25.3 Å². The number of ether oxygens (including phenoxy) is 2. The summed E-state index contributed by atoms with van der Waals surface area (Å²) in [6, 6.07) is 0. The number of aliphatic hydroxyl groups is 1. The van der Waals surface area contributed by atoms with E-state index in [-0.39, 0.29) is 0 Å². The number of allylic oxidation sites excluding steroid dienone is 1. The molecule has 94 valence electrons. The van der Waals surface area contributed by atoms with Crippen LogP contribution in [-0.2, 0) is 9.47 Å². The third kappa shape index (κ3) is 6.55. The Morgan fingerprint density at radius 3 is 2.38 bits per heavy atom. The van der Waals surface area contributed by atoms with E-state index in [9.17, 15) is 5.11 Å². The Morgan fingerprint density at radius 2 is 1.94 bits per heavy atom. The van der Waals surface area contributed by atoms with Crippen molar-refractivity contribution in [1.82, 2.24) is 5.32 Å². The highest BCUT2D eigenvalue weighted by Gasteiger charge is 2.18. The van der Waals surface area contributed by atoms with Gasteiger partial charge in [-0.3, -0.25) is 0 Å². The summed E-state index contributed by atoms with van der Waals surface area (Å²) in [7, 11) is 0. The molecule has 0 spiro atoms. The first-order valence-electron chi connectivity index (χ1n) is 5.47. The van der Waals surface area contributed by atoms with Crippen molar-refractivity contribution in [3.05, 3.63) is 11.8 Å². The zero-order valence-corrected chi connectivity index (χ0v) is 10.2. The second-order valence-corrected chi connectivity index (χ2v) is 3.29. The van der Waals surface area contributed by atoms with Crippen molar-refractivity contribution in [3.63, 3.8) is 0 Å². The lowest BCUT2D eigenvalue weighted by atomic mass is 10.3. The van der Waals surface area contributed by atoms with Gasteiger partial charge in [-0.25, -0.2) is 0 Å². The van der Waals surface area contributed by atoms with Crippen LogP contribution < -0.4 is 5.32 Å². The number of hydrogen-bond donors (Lipinski definition) is 3. The number of hydrogen-bond acceptors (Lipinski definition) is 5. The van der Waals surface area contributed by atoms with E-state index in [0.717, 1.165) is 5.57 Å². The smallest absolute Gasteiger partial charge is 0.185 e. The van der Waals surface area contributed by atoms with Crippen LogP contribution in [0.15, 0.2) is 11.8 Å². The second kappa shape index (κ2) is 9.33. The summed E-state index contributed by atoms with van der Waals surface area (Å²) in [5, 5.41) is 19.6. The number of nitrogens with one attached hydrogen (secondary N) is 2. The molecule has 0 saturated heterocycles. The van der Waals surface area contributed by atoms with Crippen LogP contribution in [0, 0.1) is 5.41 Å². The lowest BCUT2D eigenvalue weighted by Crippen LogP contribution is -2.38. The Kier molecular flexibility index (Phi) is 8.80. The van der Waals surface area contributed by atoms with E-state index in [0.29, 0.717) is 19.8 Å². The Morgan fingerprint density at radius 1 is 1.38 bits per heavy atom. The molecule has 3 N–H and O–H groups in total. The maximum atomic E-state index is 9.76. The van der Waals surface area contributed by atoms with E-state index in [1.807, 2.05) is 13.8 Å². The molecule has 0 aliphatic heterocycles. The quantitative estimate of drug-likeness (QED) is 0.406. The molecule has 0 bridgehead atoms. The highest BCUT2D eigenvalue weighted by Crippen LogP contribution is 2.01. The maximum Gasteiger partial charge on any atom is 0.185 e. The molecule has 0 radical (unpaired) electrons. The van der Waals surface area contributed by atoms with Crippen LogP contribution >= 0.6 is 0 Å². The van der Waals surface area contributed by atoms with Crippen LogP contribution in [0.3, 0.4) is 0 Å². The van der Waals surface area contributed by atoms with Crippen LogP contribution in [0.5, 0.6) is 0 Å². The minimum Gasteiger partial charge on any atom is -0.388 e. The van der Waals surface area contributed by atoms with Gasteiger partial charge in [0.15, 0.2) is 6.29 Å². The molecule has 5 heteroatoms. The molecular formula is C11H22N2O3. The molecule has 0 rings (SSSR count). The van der Waals surface area contributed by atoms with Crippen molar-refractivity contribution in [3.8, 4) is 0 Å². The van der Waals surface area contributed by atoms with Gasteiger partial charge >= 0.3 is 0 Å². The van der Waals surface area contributed by atoms with E-state index in [2.05, 4.69) is 5.32 Å². The largest absolute Gasteiger partial charge is 0.388 e. The zero-order valence-electron chi connectivity index (χ0n) is 10.2. The highest BCUT2D eigenvalue weighted by molar-refractivity contribution is 5.74. The predicted molar refractivity (Wildman–Crippen MR) is 63.6 cm³/mol. The summed E-state index contributed by atoms with van der Waals surface area (Å²) in [4.78, 5) is 0. The van der Waals surface area contributed by atoms with Crippen molar-refractivity contribution in [2.45, 2.75) is 33.2 Å². The second-order valence-electron chi connectivity index (χ2n) is 3.29. The first-order valence-corrected chi connectivity index (χ1v) is 5.47. The van der Waals surface area contributed by atoms with Gasteiger partial charge in [-0.1, -0.05) is 0 Å². The van der Waals surface area contributed by atoms with Crippen LogP contribution in [0.1, 0.15) is 20.8 Å². The number of aliphatic hydroxyl groups excluding tert-OH is 1. The van der Waals surface area contributed by atoms with Gasteiger partial charge in [0.2, 0.25) is 0 Å². The molecule has 16 heavy (non-hydrogen) atoms. The standard InChI is InChI=1S/C11H22N2O3/c1-4-15-11(16-5-2)10(14)8-13-7-9(3)6-12/h6-7,10-14H,4-5,8H2,1-3H3/b9-7-,12-6?. The van der Waals surface area contributed by atoms with Crippen molar-refractivity contribution < 1.29 is 14.6 Å². The van der Waals surface area contributed by atoms with Gasteiger partial charge in [-0.2, -0.15) is 0 Å². The molecule has 0 aliphatic carbocycles. The molecule has 0 heterocycles. The Balaban J connectivity index is 3.99. The van der Waals surface area contributed by atoms with Crippen LogP contribution in [0.2, 0.25) is 0 Å². The Bertz CT molecular complexity index is 213. The zero-order chi connectivity index (χ0) is 12.4. The first-order chi connectivity index (χ1) is 7.65. The molecule has 0 saturated carbocycles. The molecule has 0 fully saturated rings. The molecule has 0 aromatic rings. The van der Waals surface area contributed by atoms with Gasteiger partial charge in [-0.15, -0.1) is 0 Å². The summed E-state index contributed by atoms with van der Waals surface area (Å²) in [6.07, 6.45) is 1.58. The van der Waals surface area contributed by atoms with Crippen molar-refractivity contribution >= 4 is 6.21 Å². The highest BCUT2D eigenvalue weighted by atomic mass is 16.7. The van der Waals surface area contributed by atoms with Crippen molar-refractivity contribution in [1.29, 1.82) is 5.41 Å². The lowest BCUT2D eigenvalue weighted by molar-refractivity contribution is -0.187. The SMILES string of the molecule is CCOC(OCC)C(O)CN/C=C(/C)C=N. The van der Waals surface area contributed by atoms with Gasteiger partial charge in [0.1, 0.15) is 6.10 Å². The minimum atomic E-state index is -0.727. The van der Waals surface area contributed by atoms with E-state index in [1.54, 1.807) is 13.1 Å². The number of rotatable bonds is 9. The average Bonchev–Trinajstić information content (AvgIpc) is 2.28. The van der Waals surface area contributed by atoms with Crippen LogP contribution in [-0.4, -0.2) is 43.5 Å². The van der Waals surface area contributed by atoms with Gasteiger partial charge in [0.25, 0.3) is 0 Å². The lowest BCUT2D eigenvalue weighted by Gasteiger charge is -2.22. The third-order valence-corrected chi connectivity index (χ3v) is 1.86. The van der Waals surface area contributed by atoms with E-state index in [4.69, 9.17) is 14.9 Å². The van der Waals surface area contributed by atoms with Gasteiger partial charge in [0, 0.05) is 32.2 Å². The molecule has 0 aliphatic rings. The fraction of sp³-hybridized carbons (Fsp3) is 0.727. The minimum absolute atomic E-state index is 0.329. The molecule has 1 atom stereocenters. The molecule has 1 unspecified atom stereocenters. The Hall–Kier alpha value is -0.910. The average molecular weight is 230 g/mol. The third-order valence-electron chi connectivity index (χ3n) is 1.86. The molecule has 0 aromatic heterocycles. The summed E-state index contributed by atoms with van der Waals surface area (Å²) >= 11 is 0. The normalized spacial score (nSPS) is 13.9.